The number of amides is 1. The minimum atomic E-state index is -0.388. The van der Waals surface area contributed by atoms with Crippen LogP contribution in [0, 0.1) is 32.1 Å². The molecule has 3 heteroatoms. The van der Waals surface area contributed by atoms with Crippen LogP contribution in [0.2, 0.25) is 0 Å². The number of nitrogens with one attached hydrogen (secondary N) is 1. The number of benzene rings is 2. The van der Waals surface area contributed by atoms with E-state index >= 15 is 0 Å². The molecule has 0 aliphatic rings. The molecule has 0 atom stereocenters. The standard InChI is InChI=1S/C19H18N2O/c1-13-9-14(2)18(15(3)10-13)21-19(22)17(12-20)11-16-7-5-4-6-8-16/h4-11H,1-3H3,(H,21,22)/b17-11-. The molecule has 0 fully saturated rings. The average Bonchev–Trinajstić information content (AvgIpc) is 2.49. The Morgan fingerprint density at radius 2 is 1.68 bits per heavy atom. The number of hydrogen-bond donors (Lipinski definition) is 1. The molecule has 1 N–H and O–H groups in total. The van der Waals surface area contributed by atoms with Crippen LogP contribution in [0.1, 0.15) is 22.3 Å². The molecule has 0 heterocycles. The van der Waals surface area contributed by atoms with Crippen LogP contribution in [0.25, 0.3) is 6.08 Å². The van der Waals surface area contributed by atoms with E-state index in [1.807, 2.05) is 69.3 Å². The number of carbonyl (C=O) groups is 1. The highest BCUT2D eigenvalue weighted by atomic mass is 16.1. The Morgan fingerprint density at radius 3 is 2.23 bits per heavy atom. The molecular weight excluding hydrogens is 272 g/mol. The molecule has 2 aromatic carbocycles. The van der Waals surface area contributed by atoms with Crippen LogP contribution in [-0.4, -0.2) is 5.91 Å². The molecule has 0 radical (unpaired) electrons. The van der Waals surface area contributed by atoms with E-state index in [-0.39, 0.29) is 11.5 Å². The highest BCUT2D eigenvalue weighted by Gasteiger charge is 2.12. The highest BCUT2D eigenvalue weighted by molar-refractivity contribution is 6.10. The van der Waals surface area contributed by atoms with E-state index in [4.69, 9.17) is 0 Å². The molecule has 2 aromatic rings. The van der Waals surface area contributed by atoms with Crippen molar-refractivity contribution < 1.29 is 4.79 Å². The molecule has 0 unspecified atom stereocenters. The largest absolute Gasteiger partial charge is 0.321 e. The monoisotopic (exact) mass is 290 g/mol. The second-order valence-electron chi connectivity index (χ2n) is 5.31. The summed E-state index contributed by atoms with van der Waals surface area (Å²) in [5.41, 5.74) is 4.81. The Bertz CT molecular complexity index is 745. The van der Waals surface area contributed by atoms with Crippen molar-refractivity contribution in [1.82, 2.24) is 0 Å². The molecule has 0 aliphatic carbocycles. The van der Waals surface area contributed by atoms with E-state index in [1.165, 1.54) is 0 Å². The molecule has 0 saturated carbocycles. The van der Waals surface area contributed by atoms with Crippen LogP contribution in [0.4, 0.5) is 5.69 Å². The Balaban J connectivity index is 2.28. The summed E-state index contributed by atoms with van der Waals surface area (Å²) in [5.74, 6) is -0.388. The third-order valence-corrected chi connectivity index (χ3v) is 3.39. The van der Waals surface area contributed by atoms with Crippen molar-refractivity contribution >= 4 is 17.7 Å². The van der Waals surface area contributed by atoms with E-state index in [0.29, 0.717) is 0 Å². The van der Waals surface area contributed by atoms with Crippen molar-refractivity contribution in [3.8, 4) is 6.07 Å². The lowest BCUT2D eigenvalue weighted by molar-refractivity contribution is -0.112. The lowest BCUT2D eigenvalue weighted by Gasteiger charge is -2.12. The second-order valence-corrected chi connectivity index (χ2v) is 5.31. The maximum Gasteiger partial charge on any atom is 0.266 e. The summed E-state index contributed by atoms with van der Waals surface area (Å²) in [6.45, 7) is 5.91. The Hall–Kier alpha value is -2.86. The van der Waals surface area contributed by atoms with Gasteiger partial charge in [0.2, 0.25) is 0 Å². The Kier molecular flexibility index (Phi) is 4.75. The van der Waals surface area contributed by atoms with Gasteiger partial charge in [0.25, 0.3) is 5.91 Å². The molecule has 0 spiro atoms. The molecular formula is C19H18N2O. The fourth-order valence-corrected chi connectivity index (χ4v) is 2.42. The highest BCUT2D eigenvalue weighted by Crippen LogP contribution is 2.22. The molecule has 0 saturated heterocycles. The van der Waals surface area contributed by atoms with Crippen LogP contribution < -0.4 is 5.32 Å². The molecule has 3 nitrogen and oxygen atoms in total. The maximum atomic E-state index is 12.3. The van der Waals surface area contributed by atoms with Crippen molar-refractivity contribution in [2.75, 3.05) is 5.32 Å². The van der Waals surface area contributed by atoms with Crippen LogP contribution in [0.3, 0.4) is 0 Å². The van der Waals surface area contributed by atoms with Crippen molar-refractivity contribution in [2.24, 2.45) is 0 Å². The van der Waals surface area contributed by atoms with Gasteiger partial charge in [-0.15, -0.1) is 0 Å². The average molecular weight is 290 g/mol. The second kappa shape index (κ2) is 6.73. The molecule has 1 amide bonds. The van der Waals surface area contributed by atoms with Gasteiger partial charge in [-0.1, -0.05) is 48.0 Å². The van der Waals surface area contributed by atoms with Crippen LogP contribution in [0.5, 0.6) is 0 Å². The third-order valence-electron chi connectivity index (χ3n) is 3.39. The first kappa shape index (κ1) is 15.5. The zero-order chi connectivity index (χ0) is 16.1. The molecule has 0 bridgehead atoms. The lowest BCUT2D eigenvalue weighted by Crippen LogP contribution is -2.15. The van der Waals surface area contributed by atoms with E-state index in [1.54, 1.807) is 6.08 Å². The molecule has 2 rings (SSSR count). The molecule has 110 valence electrons. The number of anilines is 1. The fourth-order valence-electron chi connectivity index (χ4n) is 2.42. The molecule has 0 aromatic heterocycles. The van der Waals surface area contributed by atoms with E-state index in [2.05, 4.69) is 5.32 Å². The summed E-state index contributed by atoms with van der Waals surface area (Å²) in [7, 11) is 0. The van der Waals surface area contributed by atoms with Gasteiger partial charge >= 0.3 is 0 Å². The summed E-state index contributed by atoms with van der Waals surface area (Å²) in [6, 6.07) is 15.3. The number of nitrogens with zero attached hydrogens (tertiary/aromatic N) is 1. The number of rotatable bonds is 3. The van der Waals surface area contributed by atoms with E-state index in [9.17, 15) is 10.1 Å². The van der Waals surface area contributed by atoms with E-state index < -0.39 is 0 Å². The first-order valence-corrected chi connectivity index (χ1v) is 7.07. The first-order chi connectivity index (χ1) is 10.5. The predicted molar refractivity (Wildman–Crippen MR) is 89.3 cm³/mol. The van der Waals surface area contributed by atoms with Crippen molar-refractivity contribution in [1.29, 1.82) is 5.26 Å². The van der Waals surface area contributed by atoms with Gasteiger partial charge in [0, 0.05) is 5.69 Å². The van der Waals surface area contributed by atoms with Gasteiger partial charge < -0.3 is 5.32 Å². The Labute approximate surface area is 130 Å². The fraction of sp³-hybridized carbons (Fsp3) is 0.158. The zero-order valence-corrected chi connectivity index (χ0v) is 13.0. The maximum absolute atomic E-state index is 12.3. The van der Waals surface area contributed by atoms with Crippen molar-refractivity contribution in [3.63, 3.8) is 0 Å². The third kappa shape index (κ3) is 3.62. The van der Waals surface area contributed by atoms with Gasteiger partial charge in [-0.05, 0) is 43.5 Å². The van der Waals surface area contributed by atoms with Crippen LogP contribution in [0.15, 0.2) is 48.0 Å². The summed E-state index contributed by atoms with van der Waals surface area (Å²) in [5, 5.41) is 12.1. The van der Waals surface area contributed by atoms with Gasteiger partial charge in [-0.25, -0.2) is 0 Å². The SMILES string of the molecule is Cc1cc(C)c(NC(=O)/C(C#N)=C\c2ccccc2)c(C)c1. The molecule has 0 aliphatic heterocycles. The van der Waals surface area contributed by atoms with Gasteiger partial charge in [0.15, 0.2) is 0 Å². The van der Waals surface area contributed by atoms with Crippen LogP contribution >= 0.6 is 0 Å². The Morgan fingerprint density at radius 1 is 1.09 bits per heavy atom. The van der Waals surface area contributed by atoms with E-state index in [0.717, 1.165) is 27.9 Å². The smallest absolute Gasteiger partial charge is 0.266 e. The summed E-state index contributed by atoms with van der Waals surface area (Å²) in [6.07, 6.45) is 1.59. The van der Waals surface area contributed by atoms with Gasteiger partial charge in [-0.3, -0.25) is 4.79 Å². The lowest BCUT2D eigenvalue weighted by atomic mass is 10.0. The number of nitriles is 1. The summed E-state index contributed by atoms with van der Waals surface area (Å²) >= 11 is 0. The number of hydrogen-bond acceptors (Lipinski definition) is 2. The van der Waals surface area contributed by atoms with Gasteiger partial charge in [0.1, 0.15) is 11.6 Å². The first-order valence-electron chi connectivity index (χ1n) is 7.07. The van der Waals surface area contributed by atoms with Crippen molar-refractivity contribution in [3.05, 3.63) is 70.3 Å². The topological polar surface area (TPSA) is 52.9 Å². The van der Waals surface area contributed by atoms with Crippen LogP contribution in [-0.2, 0) is 4.79 Å². The summed E-state index contributed by atoms with van der Waals surface area (Å²) < 4.78 is 0. The molecule has 22 heavy (non-hydrogen) atoms. The minimum Gasteiger partial charge on any atom is -0.321 e. The van der Waals surface area contributed by atoms with Crippen molar-refractivity contribution in [2.45, 2.75) is 20.8 Å². The number of aryl methyl sites for hydroxylation is 3. The zero-order valence-electron chi connectivity index (χ0n) is 13.0. The predicted octanol–water partition coefficient (Wildman–Crippen LogP) is 4.16. The van der Waals surface area contributed by atoms with Gasteiger partial charge in [0.05, 0.1) is 0 Å². The normalized spacial score (nSPS) is 10.9. The van der Waals surface area contributed by atoms with Gasteiger partial charge in [-0.2, -0.15) is 5.26 Å². The quantitative estimate of drug-likeness (QED) is 0.681. The minimum absolute atomic E-state index is 0.0885. The number of carbonyl (C=O) groups excluding carboxylic acids is 1. The summed E-state index contributed by atoms with van der Waals surface area (Å²) in [4.78, 5) is 12.3.